The van der Waals surface area contributed by atoms with E-state index in [1.807, 2.05) is 24.0 Å². The minimum Gasteiger partial charge on any atom is -0.399 e. The number of primary amides is 1. The first-order chi connectivity index (χ1) is 6.63. The van der Waals surface area contributed by atoms with Crippen LogP contribution in [0.3, 0.4) is 0 Å². The predicted octanol–water partition coefficient (Wildman–Crippen LogP) is 0.580. The first-order valence-corrected chi connectivity index (χ1v) is 4.52. The number of nitrogen functional groups attached to an aromatic ring is 1. The molecule has 0 atom stereocenters. The van der Waals surface area contributed by atoms with Gasteiger partial charge in [-0.2, -0.15) is 0 Å². The molecule has 4 nitrogen and oxygen atoms in total. The molecule has 0 fully saturated rings. The van der Waals surface area contributed by atoms with Crippen LogP contribution in [0.1, 0.15) is 6.92 Å². The van der Waals surface area contributed by atoms with E-state index < -0.39 is 0 Å². The third-order valence-electron chi connectivity index (χ3n) is 1.99. The van der Waals surface area contributed by atoms with Crippen molar-refractivity contribution >= 4 is 17.3 Å². The fraction of sp³-hybridized carbons (Fsp3) is 0.300. The van der Waals surface area contributed by atoms with E-state index in [2.05, 4.69) is 0 Å². The zero-order valence-electron chi connectivity index (χ0n) is 8.23. The summed E-state index contributed by atoms with van der Waals surface area (Å²) >= 11 is 0. The largest absolute Gasteiger partial charge is 0.399 e. The molecule has 1 amide bonds. The number of hydrogen-bond donors (Lipinski definition) is 2. The minimum atomic E-state index is -0.330. The van der Waals surface area contributed by atoms with Crippen LogP contribution in [-0.4, -0.2) is 19.0 Å². The molecular formula is C10H15N3O. The van der Waals surface area contributed by atoms with Gasteiger partial charge >= 0.3 is 0 Å². The summed E-state index contributed by atoms with van der Waals surface area (Å²) in [7, 11) is 0. The lowest BCUT2D eigenvalue weighted by Gasteiger charge is -2.21. The summed E-state index contributed by atoms with van der Waals surface area (Å²) < 4.78 is 0. The SMILES string of the molecule is CCN(CC(N)=O)c1ccc(N)cc1. The molecule has 76 valence electrons. The molecule has 0 aliphatic rings. The van der Waals surface area contributed by atoms with Gasteiger partial charge in [-0.25, -0.2) is 0 Å². The molecule has 1 aromatic carbocycles. The average Bonchev–Trinajstić information content (AvgIpc) is 2.15. The van der Waals surface area contributed by atoms with Gasteiger partial charge < -0.3 is 16.4 Å². The molecule has 14 heavy (non-hydrogen) atoms. The Labute approximate surface area is 83.5 Å². The maximum absolute atomic E-state index is 10.8. The Morgan fingerprint density at radius 2 is 1.93 bits per heavy atom. The summed E-state index contributed by atoms with van der Waals surface area (Å²) in [4.78, 5) is 12.7. The predicted molar refractivity (Wildman–Crippen MR) is 57.9 cm³/mol. The fourth-order valence-electron chi connectivity index (χ4n) is 1.26. The second-order valence-corrected chi connectivity index (χ2v) is 3.07. The van der Waals surface area contributed by atoms with Crippen molar-refractivity contribution < 1.29 is 4.79 Å². The van der Waals surface area contributed by atoms with Crippen LogP contribution >= 0.6 is 0 Å². The number of carbonyl (C=O) groups is 1. The van der Waals surface area contributed by atoms with Gasteiger partial charge in [0.15, 0.2) is 0 Å². The topological polar surface area (TPSA) is 72.3 Å². The Morgan fingerprint density at radius 3 is 2.36 bits per heavy atom. The van der Waals surface area contributed by atoms with E-state index in [4.69, 9.17) is 11.5 Å². The lowest BCUT2D eigenvalue weighted by Crippen LogP contribution is -2.33. The van der Waals surface area contributed by atoms with Gasteiger partial charge in [-0.15, -0.1) is 0 Å². The summed E-state index contributed by atoms with van der Waals surface area (Å²) in [6.07, 6.45) is 0. The number of rotatable bonds is 4. The van der Waals surface area contributed by atoms with Crippen molar-refractivity contribution in [2.45, 2.75) is 6.92 Å². The average molecular weight is 193 g/mol. The highest BCUT2D eigenvalue weighted by atomic mass is 16.1. The number of nitrogens with zero attached hydrogens (tertiary/aromatic N) is 1. The van der Waals surface area contributed by atoms with Gasteiger partial charge in [0, 0.05) is 17.9 Å². The van der Waals surface area contributed by atoms with Crippen molar-refractivity contribution in [1.82, 2.24) is 0 Å². The summed E-state index contributed by atoms with van der Waals surface area (Å²) in [5, 5.41) is 0. The van der Waals surface area contributed by atoms with Crippen LogP contribution in [0.5, 0.6) is 0 Å². The van der Waals surface area contributed by atoms with E-state index >= 15 is 0 Å². The number of nitrogens with two attached hydrogens (primary N) is 2. The Balaban J connectivity index is 2.78. The normalized spacial score (nSPS) is 9.79. The standard InChI is InChI=1S/C10H15N3O/c1-2-13(7-10(12)14)9-5-3-8(11)4-6-9/h3-6H,2,7,11H2,1H3,(H2,12,14). The fourth-order valence-corrected chi connectivity index (χ4v) is 1.26. The number of amides is 1. The second-order valence-electron chi connectivity index (χ2n) is 3.07. The van der Waals surface area contributed by atoms with Gasteiger partial charge in [0.1, 0.15) is 0 Å². The molecule has 0 aromatic heterocycles. The van der Waals surface area contributed by atoms with Crippen LogP contribution in [0.15, 0.2) is 24.3 Å². The Morgan fingerprint density at radius 1 is 1.36 bits per heavy atom. The molecule has 0 spiro atoms. The van der Waals surface area contributed by atoms with Crippen LogP contribution in [0.4, 0.5) is 11.4 Å². The third kappa shape index (κ3) is 2.65. The number of likely N-dealkylation sites (N-methyl/N-ethyl adjacent to an activating group) is 1. The Hall–Kier alpha value is -1.71. The van der Waals surface area contributed by atoms with Crippen molar-refractivity contribution in [3.05, 3.63) is 24.3 Å². The lowest BCUT2D eigenvalue weighted by molar-refractivity contribution is -0.116. The number of benzene rings is 1. The zero-order valence-corrected chi connectivity index (χ0v) is 8.23. The van der Waals surface area contributed by atoms with E-state index in [-0.39, 0.29) is 12.5 Å². The first kappa shape index (κ1) is 10.4. The quantitative estimate of drug-likeness (QED) is 0.687. The number of carbonyl (C=O) groups excluding carboxylic acids is 1. The van der Waals surface area contributed by atoms with E-state index in [0.717, 1.165) is 12.2 Å². The highest BCUT2D eigenvalue weighted by molar-refractivity contribution is 5.79. The zero-order chi connectivity index (χ0) is 10.6. The molecule has 0 aliphatic heterocycles. The minimum absolute atomic E-state index is 0.237. The smallest absolute Gasteiger partial charge is 0.236 e. The van der Waals surface area contributed by atoms with Crippen LogP contribution < -0.4 is 16.4 Å². The molecule has 0 radical (unpaired) electrons. The summed E-state index contributed by atoms with van der Waals surface area (Å²) in [5.41, 5.74) is 12.4. The van der Waals surface area contributed by atoms with E-state index in [9.17, 15) is 4.79 Å². The molecular weight excluding hydrogens is 178 g/mol. The van der Waals surface area contributed by atoms with Crippen LogP contribution in [-0.2, 0) is 4.79 Å². The summed E-state index contributed by atoms with van der Waals surface area (Å²) in [6, 6.07) is 7.36. The van der Waals surface area contributed by atoms with Gasteiger partial charge in [0.2, 0.25) is 5.91 Å². The molecule has 1 rings (SSSR count). The van der Waals surface area contributed by atoms with Gasteiger partial charge in [-0.1, -0.05) is 0 Å². The first-order valence-electron chi connectivity index (χ1n) is 4.52. The molecule has 1 aromatic rings. The summed E-state index contributed by atoms with van der Waals surface area (Å²) in [6.45, 7) is 2.95. The third-order valence-corrected chi connectivity index (χ3v) is 1.99. The van der Waals surface area contributed by atoms with Crippen LogP contribution in [0.2, 0.25) is 0 Å². The second kappa shape index (κ2) is 4.50. The Kier molecular flexibility index (Phi) is 3.34. The van der Waals surface area contributed by atoms with Gasteiger partial charge in [-0.3, -0.25) is 4.79 Å². The number of hydrogen-bond acceptors (Lipinski definition) is 3. The van der Waals surface area contributed by atoms with Gasteiger partial charge in [0.25, 0.3) is 0 Å². The highest BCUT2D eigenvalue weighted by Gasteiger charge is 2.06. The Bertz CT molecular complexity index is 308. The molecule has 0 aliphatic carbocycles. The van der Waals surface area contributed by atoms with Crippen molar-refractivity contribution in [3.8, 4) is 0 Å². The molecule has 0 heterocycles. The number of anilines is 2. The maximum Gasteiger partial charge on any atom is 0.236 e. The van der Waals surface area contributed by atoms with E-state index in [0.29, 0.717) is 5.69 Å². The van der Waals surface area contributed by atoms with Crippen molar-refractivity contribution in [2.75, 3.05) is 23.7 Å². The molecule has 0 bridgehead atoms. The summed E-state index contributed by atoms with van der Waals surface area (Å²) in [5.74, 6) is -0.330. The van der Waals surface area contributed by atoms with Gasteiger partial charge in [-0.05, 0) is 31.2 Å². The van der Waals surface area contributed by atoms with Crippen molar-refractivity contribution in [2.24, 2.45) is 5.73 Å². The van der Waals surface area contributed by atoms with Gasteiger partial charge in [0.05, 0.1) is 6.54 Å². The maximum atomic E-state index is 10.8. The molecule has 0 saturated carbocycles. The monoisotopic (exact) mass is 193 g/mol. The van der Waals surface area contributed by atoms with Crippen molar-refractivity contribution in [3.63, 3.8) is 0 Å². The molecule has 0 unspecified atom stereocenters. The van der Waals surface area contributed by atoms with Crippen LogP contribution in [0, 0.1) is 0 Å². The lowest BCUT2D eigenvalue weighted by atomic mass is 10.2. The molecule has 4 heteroatoms. The highest BCUT2D eigenvalue weighted by Crippen LogP contribution is 2.15. The molecule has 0 saturated heterocycles. The molecule has 4 N–H and O–H groups in total. The van der Waals surface area contributed by atoms with E-state index in [1.165, 1.54) is 0 Å². The van der Waals surface area contributed by atoms with E-state index in [1.54, 1.807) is 12.1 Å². The van der Waals surface area contributed by atoms with Crippen molar-refractivity contribution in [1.29, 1.82) is 0 Å². The van der Waals surface area contributed by atoms with Crippen LogP contribution in [0.25, 0.3) is 0 Å².